The van der Waals surface area contributed by atoms with Crippen LogP contribution >= 0.6 is 0 Å². The van der Waals surface area contributed by atoms with E-state index in [1.807, 2.05) is 44.2 Å². The molecule has 0 spiro atoms. The van der Waals surface area contributed by atoms with Crippen molar-refractivity contribution in [3.8, 4) is 5.75 Å². The lowest BCUT2D eigenvalue weighted by molar-refractivity contribution is 0.188. The predicted octanol–water partition coefficient (Wildman–Crippen LogP) is 3.11. The minimum atomic E-state index is -0.519. The summed E-state index contributed by atoms with van der Waals surface area (Å²) in [6.45, 7) is 3.82. The molecular formula is C15H16N2O2. The molecule has 0 atom stereocenters. The number of carbonyl (C=O) groups is 1. The first kappa shape index (κ1) is 13.1. The molecule has 4 heteroatoms. The standard InChI is InChI=1S/C15H16N2O2/c1-15(2,12-8-10-16-11-9-12)17-14(18)19-13-6-4-3-5-7-13/h3-11H,1-2H3,(H,17,18). The molecule has 0 fully saturated rings. The molecular weight excluding hydrogens is 240 g/mol. The second-order valence-corrected chi connectivity index (χ2v) is 4.69. The van der Waals surface area contributed by atoms with Crippen molar-refractivity contribution in [1.29, 1.82) is 0 Å². The molecule has 0 saturated carbocycles. The summed E-state index contributed by atoms with van der Waals surface area (Å²) >= 11 is 0. The van der Waals surface area contributed by atoms with Gasteiger partial charge < -0.3 is 10.1 Å². The molecule has 1 amide bonds. The van der Waals surface area contributed by atoms with Crippen molar-refractivity contribution in [2.75, 3.05) is 0 Å². The average Bonchev–Trinajstić information content (AvgIpc) is 2.40. The van der Waals surface area contributed by atoms with Crippen LogP contribution in [-0.2, 0) is 5.54 Å². The first-order valence-electron chi connectivity index (χ1n) is 6.03. The third-order valence-corrected chi connectivity index (χ3v) is 2.77. The summed E-state index contributed by atoms with van der Waals surface area (Å²) in [6, 6.07) is 12.7. The third-order valence-electron chi connectivity index (χ3n) is 2.77. The summed E-state index contributed by atoms with van der Waals surface area (Å²) in [6.07, 6.45) is 2.91. The first-order chi connectivity index (χ1) is 9.08. The van der Waals surface area contributed by atoms with E-state index >= 15 is 0 Å². The van der Waals surface area contributed by atoms with E-state index in [2.05, 4.69) is 10.3 Å². The quantitative estimate of drug-likeness (QED) is 0.918. The van der Waals surface area contributed by atoms with E-state index in [9.17, 15) is 4.79 Å². The lowest BCUT2D eigenvalue weighted by Gasteiger charge is -2.26. The Kier molecular flexibility index (Phi) is 3.80. The van der Waals surface area contributed by atoms with Gasteiger partial charge in [0, 0.05) is 12.4 Å². The Bertz CT molecular complexity index is 539. The van der Waals surface area contributed by atoms with E-state index in [1.54, 1.807) is 24.5 Å². The van der Waals surface area contributed by atoms with E-state index in [-0.39, 0.29) is 0 Å². The normalized spacial score (nSPS) is 10.8. The molecule has 1 aromatic carbocycles. The Hall–Kier alpha value is -2.36. The molecule has 0 radical (unpaired) electrons. The summed E-state index contributed by atoms with van der Waals surface area (Å²) in [5, 5.41) is 2.83. The molecule has 0 aliphatic heterocycles. The number of aromatic nitrogens is 1. The van der Waals surface area contributed by atoms with Gasteiger partial charge in [-0.25, -0.2) is 4.79 Å². The van der Waals surface area contributed by atoms with Gasteiger partial charge in [0.15, 0.2) is 0 Å². The highest BCUT2D eigenvalue weighted by atomic mass is 16.6. The summed E-state index contributed by atoms with van der Waals surface area (Å²) < 4.78 is 5.21. The van der Waals surface area contributed by atoms with Crippen molar-refractivity contribution in [3.63, 3.8) is 0 Å². The number of rotatable bonds is 3. The minimum absolute atomic E-state index is 0.479. The van der Waals surface area contributed by atoms with Gasteiger partial charge in [-0.2, -0.15) is 0 Å². The van der Waals surface area contributed by atoms with Gasteiger partial charge >= 0.3 is 6.09 Å². The van der Waals surface area contributed by atoms with E-state index in [0.29, 0.717) is 5.75 Å². The molecule has 0 aliphatic carbocycles. The van der Waals surface area contributed by atoms with E-state index in [0.717, 1.165) is 5.56 Å². The second kappa shape index (κ2) is 5.52. The van der Waals surface area contributed by atoms with Gasteiger partial charge in [-0.3, -0.25) is 4.98 Å². The van der Waals surface area contributed by atoms with Crippen LogP contribution < -0.4 is 10.1 Å². The van der Waals surface area contributed by atoms with Crippen LogP contribution in [-0.4, -0.2) is 11.1 Å². The molecule has 19 heavy (non-hydrogen) atoms. The summed E-state index contributed by atoms with van der Waals surface area (Å²) in [5.74, 6) is 0.519. The SMILES string of the molecule is CC(C)(NC(=O)Oc1ccccc1)c1ccncc1. The lowest BCUT2D eigenvalue weighted by atomic mass is 9.96. The molecule has 1 N–H and O–H groups in total. The highest BCUT2D eigenvalue weighted by Crippen LogP contribution is 2.19. The number of ether oxygens (including phenoxy) is 1. The number of nitrogens with one attached hydrogen (secondary N) is 1. The molecule has 0 unspecified atom stereocenters. The smallest absolute Gasteiger partial charge is 0.410 e. The fourth-order valence-corrected chi connectivity index (χ4v) is 1.72. The van der Waals surface area contributed by atoms with Crippen molar-refractivity contribution >= 4 is 6.09 Å². The number of amides is 1. The van der Waals surface area contributed by atoms with E-state index in [1.165, 1.54) is 0 Å². The fourth-order valence-electron chi connectivity index (χ4n) is 1.72. The predicted molar refractivity (Wildman–Crippen MR) is 72.9 cm³/mol. The van der Waals surface area contributed by atoms with Crippen LogP contribution in [0.1, 0.15) is 19.4 Å². The molecule has 0 saturated heterocycles. The fraction of sp³-hybridized carbons (Fsp3) is 0.200. The first-order valence-corrected chi connectivity index (χ1v) is 6.03. The Balaban J connectivity index is 2.02. The van der Waals surface area contributed by atoms with Crippen molar-refractivity contribution in [2.45, 2.75) is 19.4 Å². The van der Waals surface area contributed by atoms with Crippen LogP contribution in [0.4, 0.5) is 4.79 Å². The summed E-state index contributed by atoms with van der Waals surface area (Å²) in [7, 11) is 0. The maximum absolute atomic E-state index is 11.9. The van der Waals surface area contributed by atoms with Gasteiger partial charge in [-0.1, -0.05) is 18.2 Å². The number of benzene rings is 1. The number of hydrogen-bond acceptors (Lipinski definition) is 3. The molecule has 98 valence electrons. The zero-order chi connectivity index (χ0) is 13.7. The van der Waals surface area contributed by atoms with Crippen molar-refractivity contribution in [1.82, 2.24) is 10.3 Å². The van der Waals surface area contributed by atoms with E-state index < -0.39 is 11.6 Å². The highest BCUT2D eigenvalue weighted by Gasteiger charge is 2.23. The minimum Gasteiger partial charge on any atom is -0.410 e. The molecule has 0 bridgehead atoms. The second-order valence-electron chi connectivity index (χ2n) is 4.69. The van der Waals surface area contributed by atoms with Gasteiger partial charge in [-0.05, 0) is 43.7 Å². The van der Waals surface area contributed by atoms with Crippen LogP contribution in [0.2, 0.25) is 0 Å². The van der Waals surface area contributed by atoms with Gasteiger partial charge in [0.1, 0.15) is 5.75 Å². The lowest BCUT2D eigenvalue weighted by Crippen LogP contribution is -2.42. The van der Waals surface area contributed by atoms with Gasteiger partial charge in [-0.15, -0.1) is 0 Å². The van der Waals surface area contributed by atoms with Gasteiger partial charge in [0.05, 0.1) is 5.54 Å². The Morgan fingerprint density at radius 2 is 1.74 bits per heavy atom. The number of pyridine rings is 1. The van der Waals surface area contributed by atoms with Crippen LogP contribution in [0.3, 0.4) is 0 Å². The number of hydrogen-bond donors (Lipinski definition) is 1. The van der Waals surface area contributed by atoms with Gasteiger partial charge in [0.2, 0.25) is 0 Å². The zero-order valence-electron chi connectivity index (χ0n) is 11.0. The highest BCUT2D eigenvalue weighted by molar-refractivity contribution is 5.71. The zero-order valence-corrected chi connectivity index (χ0v) is 11.0. The topological polar surface area (TPSA) is 51.2 Å². The Morgan fingerprint density at radius 1 is 1.11 bits per heavy atom. The molecule has 1 aromatic heterocycles. The molecule has 4 nitrogen and oxygen atoms in total. The Labute approximate surface area is 112 Å². The molecule has 1 heterocycles. The Morgan fingerprint density at radius 3 is 2.37 bits per heavy atom. The number of carbonyl (C=O) groups excluding carboxylic acids is 1. The van der Waals surface area contributed by atoms with Gasteiger partial charge in [0.25, 0.3) is 0 Å². The number of nitrogens with zero attached hydrogens (tertiary/aromatic N) is 1. The van der Waals surface area contributed by atoms with E-state index in [4.69, 9.17) is 4.74 Å². The molecule has 2 rings (SSSR count). The largest absolute Gasteiger partial charge is 0.413 e. The van der Waals surface area contributed by atoms with Crippen LogP contribution in [0, 0.1) is 0 Å². The molecule has 2 aromatic rings. The van der Waals surface area contributed by atoms with Crippen LogP contribution in [0.15, 0.2) is 54.9 Å². The summed E-state index contributed by atoms with van der Waals surface area (Å²) in [4.78, 5) is 15.8. The maximum Gasteiger partial charge on any atom is 0.413 e. The maximum atomic E-state index is 11.9. The summed E-state index contributed by atoms with van der Waals surface area (Å²) in [5.41, 5.74) is 0.446. The molecule has 0 aliphatic rings. The van der Waals surface area contributed by atoms with Crippen molar-refractivity contribution in [2.24, 2.45) is 0 Å². The number of para-hydroxylation sites is 1. The van der Waals surface area contributed by atoms with Crippen molar-refractivity contribution < 1.29 is 9.53 Å². The third kappa shape index (κ3) is 3.55. The van der Waals surface area contributed by atoms with Crippen molar-refractivity contribution in [3.05, 3.63) is 60.4 Å². The van der Waals surface area contributed by atoms with Crippen LogP contribution in [0.25, 0.3) is 0 Å². The monoisotopic (exact) mass is 256 g/mol. The van der Waals surface area contributed by atoms with Crippen LogP contribution in [0.5, 0.6) is 5.75 Å². The average molecular weight is 256 g/mol.